The Bertz CT molecular complexity index is 741. The molecule has 0 spiro atoms. The van der Waals surface area contributed by atoms with Crippen LogP contribution in [0.25, 0.3) is 0 Å². The van der Waals surface area contributed by atoms with Gasteiger partial charge < -0.3 is 9.47 Å². The van der Waals surface area contributed by atoms with Crippen molar-refractivity contribution in [2.45, 2.75) is 23.8 Å². The van der Waals surface area contributed by atoms with Gasteiger partial charge in [0.15, 0.2) is 22.0 Å². The number of hydrogen-bond acceptors (Lipinski definition) is 8. The third-order valence-corrected chi connectivity index (χ3v) is 4.89. The van der Waals surface area contributed by atoms with Crippen LogP contribution in [0.3, 0.4) is 0 Å². The number of nitrogens with one attached hydrogen (secondary N) is 1. The number of benzene rings is 1. The minimum absolute atomic E-state index is 0.0103. The van der Waals surface area contributed by atoms with Crippen molar-refractivity contribution in [2.24, 2.45) is 0 Å². The van der Waals surface area contributed by atoms with E-state index in [1.54, 1.807) is 13.0 Å². The van der Waals surface area contributed by atoms with Gasteiger partial charge in [-0.25, -0.2) is 4.39 Å². The fraction of sp³-hybridized carbons (Fsp3) is 0.333. The first-order valence-corrected chi connectivity index (χ1v) is 9.08. The third-order valence-electron chi connectivity index (χ3n) is 2.95. The number of nitrogens with zero attached hydrogens (tertiary/aromatic N) is 2. The number of halogens is 1. The molecular formula is C15H16FN3O4S2. The molecule has 0 aliphatic heterocycles. The van der Waals surface area contributed by atoms with Crippen molar-refractivity contribution in [1.29, 1.82) is 0 Å². The van der Waals surface area contributed by atoms with E-state index in [-0.39, 0.29) is 22.6 Å². The van der Waals surface area contributed by atoms with Crippen molar-refractivity contribution in [1.82, 2.24) is 10.2 Å². The highest BCUT2D eigenvalue weighted by atomic mass is 32.2. The largest absolute Gasteiger partial charge is 0.478 e. The predicted molar refractivity (Wildman–Crippen MR) is 92.4 cm³/mol. The van der Waals surface area contributed by atoms with Crippen molar-refractivity contribution in [2.75, 3.05) is 18.2 Å². The standard InChI is InChI=1S/C15H16FN3O4S2/c1-3-10(23-11-7-5-4-6-9(11)16)13(21)17-14-18-19-15(25-14)24-8-12(20)22-2/h4-7,10H,3,8H2,1-2H3,(H,17,18,21)/t10-/m1/s1. The van der Waals surface area contributed by atoms with Crippen LogP contribution in [0, 0.1) is 5.82 Å². The Morgan fingerprint density at radius 2 is 2.12 bits per heavy atom. The van der Waals surface area contributed by atoms with Gasteiger partial charge in [-0.1, -0.05) is 42.2 Å². The summed E-state index contributed by atoms with van der Waals surface area (Å²) in [5.41, 5.74) is 0. The number of amides is 1. The van der Waals surface area contributed by atoms with Gasteiger partial charge in [0.05, 0.1) is 12.9 Å². The molecule has 1 amide bonds. The van der Waals surface area contributed by atoms with Crippen LogP contribution in [-0.4, -0.2) is 41.0 Å². The van der Waals surface area contributed by atoms with Crippen LogP contribution in [-0.2, 0) is 14.3 Å². The van der Waals surface area contributed by atoms with Crippen LogP contribution < -0.4 is 10.1 Å². The molecule has 10 heteroatoms. The summed E-state index contributed by atoms with van der Waals surface area (Å²) in [5.74, 6) is -1.25. The lowest BCUT2D eigenvalue weighted by atomic mass is 10.2. The fourth-order valence-corrected chi connectivity index (χ4v) is 3.29. The number of ether oxygens (including phenoxy) is 2. The number of anilines is 1. The summed E-state index contributed by atoms with van der Waals surface area (Å²) < 4.78 is 24.1. The summed E-state index contributed by atoms with van der Waals surface area (Å²) in [6.07, 6.45) is -0.518. The molecule has 0 saturated heterocycles. The van der Waals surface area contributed by atoms with Crippen molar-refractivity contribution < 1.29 is 23.5 Å². The molecule has 0 saturated carbocycles. The van der Waals surface area contributed by atoms with Crippen LogP contribution in [0.5, 0.6) is 5.75 Å². The van der Waals surface area contributed by atoms with Gasteiger partial charge in [-0.2, -0.15) is 0 Å². The minimum atomic E-state index is -0.869. The second-order valence-electron chi connectivity index (χ2n) is 4.67. The van der Waals surface area contributed by atoms with E-state index in [0.29, 0.717) is 10.8 Å². The number of para-hydroxylation sites is 1. The Kier molecular flexibility index (Phi) is 7.14. The third kappa shape index (κ3) is 5.68. The highest BCUT2D eigenvalue weighted by Gasteiger charge is 2.21. The average Bonchev–Trinajstić information content (AvgIpc) is 3.06. The van der Waals surface area contributed by atoms with Gasteiger partial charge in [0.25, 0.3) is 5.91 Å². The quantitative estimate of drug-likeness (QED) is 0.424. The molecule has 0 unspecified atom stereocenters. The molecule has 0 aliphatic rings. The van der Waals surface area contributed by atoms with E-state index >= 15 is 0 Å². The van der Waals surface area contributed by atoms with Gasteiger partial charge in [-0.05, 0) is 18.6 Å². The van der Waals surface area contributed by atoms with Gasteiger partial charge in [0.1, 0.15) is 0 Å². The number of methoxy groups -OCH3 is 1. The average molecular weight is 385 g/mol. The minimum Gasteiger partial charge on any atom is -0.478 e. The van der Waals surface area contributed by atoms with Crippen LogP contribution in [0.15, 0.2) is 28.6 Å². The SMILES string of the molecule is CC[C@@H](Oc1ccccc1F)C(=O)Nc1nnc(SCC(=O)OC)s1. The second-order valence-corrected chi connectivity index (χ2v) is 6.87. The summed E-state index contributed by atoms with van der Waals surface area (Å²) in [7, 11) is 1.30. The molecule has 1 atom stereocenters. The van der Waals surface area contributed by atoms with Crippen LogP contribution in [0.1, 0.15) is 13.3 Å². The first-order valence-electron chi connectivity index (χ1n) is 7.28. The number of aromatic nitrogens is 2. The summed E-state index contributed by atoms with van der Waals surface area (Å²) >= 11 is 2.28. The molecule has 2 rings (SSSR count). The number of carbonyl (C=O) groups excluding carboxylic acids is 2. The molecular weight excluding hydrogens is 369 g/mol. The first kappa shape index (κ1) is 19.1. The Morgan fingerprint density at radius 3 is 2.80 bits per heavy atom. The number of thioether (sulfide) groups is 1. The fourth-order valence-electron chi connectivity index (χ4n) is 1.70. The highest BCUT2D eigenvalue weighted by Crippen LogP contribution is 2.26. The maximum absolute atomic E-state index is 13.6. The van der Waals surface area contributed by atoms with Crippen molar-refractivity contribution >= 4 is 40.1 Å². The molecule has 0 radical (unpaired) electrons. The second kappa shape index (κ2) is 9.33. The molecule has 1 aromatic heterocycles. The number of esters is 1. The zero-order chi connectivity index (χ0) is 18.2. The zero-order valence-electron chi connectivity index (χ0n) is 13.5. The normalized spacial score (nSPS) is 11.6. The Balaban J connectivity index is 1.94. The monoisotopic (exact) mass is 385 g/mol. The maximum atomic E-state index is 13.6. The van der Waals surface area contributed by atoms with E-state index in [0.717, 1.165) is 23.1 Å². The number of hydrogen-bond donors (Lipinski definition) is 1. The smallest absolute Gasteiger partial charge is 0.316 e. The predicted octanol–water partition coefficient (Wildman–Crippen LogP) is 2.74. The molecule has 25 heavy (non-hydrogen) atoms. The Labute approximate surface area is 151 Å². The molecule has 0 fully saturated rings. The summed E-state index contributed by atoms with van der Waals surface area (Å²) in [6.45, 7) is 1.75. The lowest BCUT2D eigenvalue weighted by Crippen LogP contribution is -2.32. The summed E-state index contributed by atoms with van der Waals surface area (Å²) in [4.78, 5) is 23.4. The van der Waals surface area contributed by atoms with Crippen molar-refractivity contribution in [3.8, 4) is 5.75 Å². The Hall–Kier alpha value is -2.20. The van der Waals surface area contributed by atoms with Gasteiger partial charge in [-0.3, -0.25) is 14.9 Å². The van der Waals surface area contributed by atoms with Crippen molar-refractivity contribution in [3.05, 3.63) is 30.1 Å². The summed E-state index contributed by atoms with van der Waals surface area (Å²) in [5, 5.41) is 10.6. The maximum Gasteiger partial charge on any atom is 0.316 e. The summed E-state index contributed by atoms with van der Waals surface area (Å²) in [6, 6.07) is 5.88. The van der Waals surface area contributed by atoms with Crippen LogP contribution in [0.2, 0.25) is 0 Å². The van der Waals surface area contributed by atoms with E-state index in [4.69, 9.17) is 4.74 Å². The van der Waals surface area contributed by atoms with Gasteiger partial charge in [0, 0.05) is 0 Å². The number of carbonyl (C=O) groups is 2. The molecule has 7 nitrogen and oxygen atoms in total. The van der Waals surface area contributed by atoms with E-state index in [2.05, 4.69) is 20.3 Å². The topological polar surface area (TPSA) is 90.4 Å². The Morgan fingerprint density at radius 1 is 1.36 bits per heavy atom. The van der Waals surface area contributed by atoms with Gasteiger partial charge in [-0.15, -0.1) is 10.2 Å². The van der Waals surface area contributed by atoms with E-state index < -0.39 is 17.8 Å². The number of rotatable bonds is 8. The lowest BCUT2D eigenvalue weighted by Gasteiger charge is -2.16. The molecule has 1 N–H and O–H groups in total. The van der Waals surface area contributed by atoms with E-state index in [9.17, 15) is 14.0 Å². The molecule has 0 aliphatic carbocycles. The van der Waals surface area contributed by atoms with Crippen LogP contribution in [0.4, 0.5) is 9.52 Å². The molecule has 0 bridgehead atoms. The van der Waals surface area contributed by atoms with E-state index in [1.165, 1.54) is 25.3 Å². The van der Waals surface area contributed by atoms with Gasteiger partial charge in [0.2, 0.25) is 5.13 Å². The molecule has 134 valence electrons. The van der Waals surface area contributed by atoms with Gasteiger partial charge >= 0.3 is 5.97 Å². The zero-order valence-corrected chi connectivity index (χ0v) is 15.2. The van der Waals surface area contributed by atoms with Crippen molar-refractivity contribution in [3.63, 3.8) is 0 Å². The molecule has 1 heterocycles. The molecule has 2 aromatic rings. The lowest BCUT2D eigenvalue weighted by molar-refractivity contribution is -0.137. The van der Waals surface area contributed by atoms with E-state index in [1.807, 2.05) is 0 Å². The van der Waals surface area contributed by atoms with Crippen LogP contribution >= 0.6 is 23.1 Å². The highest BCUT2D eigenvalue weighted by molar-refractivity contribution is 8.01. The molecule has 1 aromatic carbocycles. The first-order chi connectivity index (χ1) is 12.0.